The Balaban J connectivity index is 1.56. The normalized spacial score (nSPS) is 14.8. The molecule has 1 aliphatic rings. The summed E-state index contributed by atoms with van der Waals surface area (Å²) in [5.74, 6) is -0.727. The third-order valence-electron chi connectivity index (χ3n) is 5.07. The lowest BCUT2D eigenvalue weighted by Gasteiger charge is -2.26. The molecule has 0 radical (unpaired) electrons. The second-order valence-electron chi connectivity index (χ2n) is 7.47. The smallest absolute Gasteiger partial charge is 0.335 e. The van der Waals surface area contributed by atoms with Gasteiger partial charge in [0, 0.05) is 0 Å². The highest BCUT2D eigenvalue weighted by Gasteiger charge is 2.36. The molecular weight excluding hydrogens is 491 g/mol. The quantitative estimate of drug-likeness (QED) is 0.328. The van der Waals surface area contributed by atoms with Crippen molar-refractivity contribution < 1.29 is 23.9 Å². The zero-order chi connectivity index (χ0) is 24.9. The van der Waals surface area contributed by atoms with Gasteiger partial charge in [-0.2, -0.15) is 0 Å². The van der Waals surface area contributed by atoms with Gasteiger partial charge in [-0.1, -0.05) is 53.5 Å². The van der Waals surface area contributed by atoms with E-state index in [1.807, 2.05) is 30.3 Å². The van der Waals surface area contributed by atoms with Crippen LogP contribution >= 0.6 is 23.2 Å². The number of imide groups is 2. The maximum atomic E-state index is 13.1. The molecule has 1 heterocycles. The number of carbonyl (C=O) groups is 3. The molecule has 35 heavy (non-hydrogen) atoms. The van der Waals surface area contributed by atoms with Gasteiger partial charge in [0.25, 0.3) is 11.8 Å². The first-order chi connectivity index (χ1) is 16.9. The topological polar surface area (TPSA) is 84.9 Å². The molecule has 178 valence electrons. The predicted octanol–water partition coefficient (Wildman–Crippen LogP) is 5.64. The fraction of sp³-hybridized carbons (Fsp3) is 0.115. The van der Waals surface area contributed by atoms with Crippen molar-refractivity contribution in [2.24, 2.45) is 0 Å². The third-order valence-corrected chi connectivity index (χ3v) is 5.63. The highest BCUT2D eigenvalue weighted by molar-refractivity contribution is 6.40. The monoisotopic (exact) mass is 510 g/mol. The molecule has 1 N–H and O–H groups in total. The molecule has 4 amide bonds. The summed E-state index contributed by atoms with van der Waals surface area (Å²) in [5, 5.41) is 2.65. The molecule has 4 rings (SSSR count). The van der Waals surface area contributed by atoms with Gasteiger partial charge < -0.3 is 9.47 Å². The molecule has 7 nitrogen and oxygen atoms in total. The van der Waals surface area contributed by atoms with Crippen LogP contribution in [0.3, 0.4) is 0 Å². The maximum absolute atomic E-state index is 13.1. The average Bonchev–Trinajstić information content (AvgIpc) is 2.84. The van der Waals surface area contributed by atoms with E-state index in [1.54, 1.807) is 31.2 Å². The van der Waals surface area contributed by atoms with Gasteiger partial charge in [0.05, 0.1) is 22.3 Å². The SMILES string of the molecule is CCOc1c(Cl)cc(/C=C2\C(=O)NC(=O)N(c3ccc(OCc4ccccc4)cc3)C2=O)cc1Cl. The number of amides is 4. The Labute approximate surface area is 211 Å². The summed E-state index contributed by atoms with van der Waals surface area (Å²) in [6, 6.07) is 18.3. The van der Waals surface area contributed by atoms with Crippen molar-refractivity contribution >= 4 is 52.8 Å². The first-order valence-electron chi connectivity index (χ1n) is 10.7. The van der Waals surface area contributed by atoms with Crippen molar-refractivity contribution in [2.45, 2.75) is 13.5 Å². The number of rotatable bonds is 7. The Morgan fingerprint density at radius 2 is 1.57 bits per heavy atom. The summed E-state index contributed by atoms with van der Waals surface area (Å²) >= 11 is 12.5. The van der Waals surface area contributed by atoms with Crippen molar-refractivity contribution in [2.75, 3.05) is 11.5 Å². The van der Waals surface area contributed by atoms with E-state index in [4.69, 9.17) is 32.7 Å². The van der Waals surface area contributed by atoms with Crippen LogP contribution < -0.4 is 19.7 Å². The number of nitrogens with zero attached hydrogens (tertiary/aromatic N) is 1. The van der Waals surface area contributed by atoms with Crippen molar-refractivity contribution in [1.82, 2.24) is 5.32 Å². The van der Waals surface area contributed by atoms with Crippen LogP contribution in [0.2, 0.25) is 10.0 Å². The number of hydrogen-bond acceptors (Lipinski definition) is 5. The molecule has 0 aliphatic carbocycles. The first kappa shape index (κ1) is 24.3. The van der Waals surface area contributed by atoms with Crippen molar-refractivity contribution in [3.8, 4) is 11.5 Å². The van der Waals surface area contributed by atoms with E-state index in [2.05, 4.69) is 5.32 Å². The number of carbonyl (C=O) groups excluding carboxylic acids is 3. The Kier molecular flexibility index (Phi) is 7.39. The van der Waals surface area contributed by atoms with Gasteiger partial charge in [0.1, 0.15) is 17.9 Å². The maximum Gasteiger partial charge on any atom is 0.335 e. The number of hydrogen-bond donors (Lipinski definition) is 1. The summed E-state index contributed by atoms with van der Waals surface area (Å²) in [5.41, 5.74) is 1.44. The number of anilines is 1. The molecule has 0 unspecified atom stereocenters. The fourth-order valence-electron chi connectivity index (χ4n) is 3.44. The minimum atomic E-state index is -0.849. The average molecular weight is 511 g/mol. The molecule has 3 aromatic carbocycles. The van der Waals surface area contributed by atoms with Gasteiger partial charge in [-0.3, -0.25) is 14.9 Å². The van der Waals surface area contributed by atoms with Gasteiger partial charge in [0.15, 0.2) is 5.75 Å². The minimum absolute atomic E-state index is 0.230. The van der Waals surface area contributed by atoms with Gasteiger partial charge >= 0.3 is 6.03 Å². The zero-order valence-electron chi connectivity index (χ0n) is 18.6. The van der Waals surface area contributed by atoms with Crippen LogP contribution in [0.15, 0.2) is 72.3 Å². The molecular formula is C26H20Cl2N2O5. The number of urea groups is 1. The lowest BCUT2D eigenvalue weighted by atomic mass is 10.1. The molecule has 1 saturated heterocycles. The standard InChI is InChI=1S/C26H20Cl2N2O5/c1-2-34-23-21(27)13-17(14-22(23)28)12-20-24(31)29-26(33)30(25(20)32)18-8-10-19(11-9-18)35-15-16-6-4-3-5-7-16/h3-14H,2,15H2,1H3,(H,29,31,33)/b20-12+. The van der Waals surface area contributed by atoms with Crippen molar-refractivity contribution in [1.29, 1.82) is 0 Å². The number of halogens is 2. The van der Waals surface area contributed by atoms with Crippen LogP contribution in [-0.4, -0.2) is 24.5 Å². The lowest BCUT2D eigenvalue weighted by Crippen LogP contribution is -2.54. The van der Waals surface area contributed by atoms with Gasteiger partial charge in [-0.05, 0) is 60.5 Å². The minimum Gasteiger partial charge on any atom is -0.491 e. The summed E-state index contributed by atoms with van der Waals surface area (Å²) in [6.07, 6.45) is 1.32. The van der Waals surface area contributed by atoms with Crippen LogP contribution in [0, 0.1) is 0 Å². The summed E-state index contributed by atoms with van der Waals surface area (Å²) < 4.78 is 11.2. The van der Waals surface area contributed by atoms with Crippen LogP contribution in [0.5, 0.6) is 11.5 Å². The van der Waals surface area contributed by atoms with Crippen molar-refractivity contribution in [3.63, 3.8) is 0 Å². The van der Waals surface area contributed by atoms with E-state index in [0.29, 0.717) is 30.3 Å². The van der Waals surface area contributed by atoms with E-state index < -0.39 is 17.8 Å². The summed E-state index contributed by atoms with van der Waals surface area (Å²) in [4.78, 5) is 39.0. The molecule has 0 spiro atoms. The third kappa shape index (κ3) is 5.48. The van der Waals surface area contributed by atoms with Crippen molar-refractivity contribution in [3.05, 3.63) is 93.5 Å². The van der Waals surface area contributed by atoms with Gasteiger partial charge in [-0.25, -0.2) is 9.69 Å². The largest absolute Gasteiger partial charge is 0.491 e. The Bertz CT molecular complexity index is 1280. The molecule has 1 aliphatic heterocycles. The van der Waals surface area contributed by atoms with Gasteiger partial charge in [0.2, 0.25) is 0 Å². The first-order valence-corrected chi connectivity index (χ1v) is 11.4. The summed E-state index contributed by atoms with van der Waals surface area (Å²) in [7, 11) is 0. The van der Waals surface area contributed by atoms with Gasteiger partial charge in [-0.15, -0.1) is 0 Å². The Hall–Kier alpha value is -3.81. The highest BCUT2D eigenvalue weighted by Crippen LogP contribution is 2.35. The fourth-order valence-corrected chi connectivity index (χ4v) is 4.05. The molecule has 9 heteroatoms. The van der Waals surface area contributed by atoms with Crippen LogP contribution in [0.4, 0.5) is 10.5 Å². The van der Waals surface area contributed by atoms with E-state index in [1.165, 1.54) is 18.2 Å². The number of barbiturate groups is 1. The Morgan fingerprint density at radius 1 is 0.914 bits per heavy atom. The van der Waals surface area contributed by atoms with Crippen LogP contribution in [-0.2, 0) is 16.2 Å². The molecule has 0 atom stereocenters. The second-order valence-corrected chi connectivity index (χ2v) is 8.29. The van der Waals surface area contributed by atoms with E-state index >= 15 is 0 Å². The molecule has 0 saturated carbocycles. The number of nitrogens with one attached hydrogen (secondary N) is 1. The molecule has 1 fully saturated rings. The lowest BCUT2D eigenvalue weighted by molar-refractivity contribution is -0.122. The van der Waals surface area contributed by atoms with Crippen LogP contribution in [0.1, 0.15) is 18.1 Å². The molecule has 0 aromatic heterocycles. The van der Waals surface area contributed by atoms with E-state index in [0.717, 1.165) is 10.5 Å². The Morgan fingerprint density at radius 3 is 2.20 bits per heavy atom. The predicted molar refractivity (Wildman–Crippen MR) is 134 cm³/mol. The summed E-state index contributed by atoms with van der Waals surface area (Å²) in [6.45, 7) is 2.53. The van der Waals surface area contributed by atoms with E-state index in [9.17, 15) is 14.4 Å². The van der Waals surface area contributed by atoms with E-state index in [-0.39, 0.29) is 21.3 Å². The molecule has 0 bridgehead atoms. The number of benzene rings is 3. The molecule has 3 aromatic rings. The number of ether oxygens (including phenoxy) is 2. The second kappa shape index (κ2) is 10.6. The zero-order valence-corrected chi connectivity index (χ0v) is 20.1. The highest BCUT2D eigenvalue weighted by atomic mass is 35.5. The van der Waals surface area contributed by atoms with Crippen LogP contribution in [0.25, 0.3) is 6.08 Å².